The van der Waals surface area contributed by atoms with Crippen molar-refractivity contribution in [2.24, 2.45) is 0 Å². The van der Waals surface area contributed by atoms with Crippen molar-refractivity contribution < 1.29 is 19.0 Å². The first kappa shape index (κ1) is 16.9. The van der Waals surface area contributed by atoms with Gasteiger partial charge in [-0.2, -0.15) is 5.10 Å². The number of nitrogens with one attached hydrogen (secondary N) is 2. The lowest BCUT2D eigenvalue weighted by atomic mass is 9.99. The third-order valence-electron chi connectivity index (χ3n) is 4.71. The van der Waals surface area contributed by atoms with Crippen LogP contribution in [0, 0.1) is 0 Å². The predicted molar refractivity (Wildman–Crippen MR) is 94.5 cm³/mol. The summed E-state index contributed by atoms with van der Waals surface area (Å²) in [4.78, 5) is 12.6. The van der Waals surface area contributed by atoms with E-state index in [2.05, 4.69) is 15.5 Å². The van der Waals surface area contributed by atoms with Crippen molar-refractivity contribution in [3.8, 4) is 11.5 Å². The molecule has 2 aliphatic rings. The van der Waals surface area contributed by atoms with Crippen LogP contribution in [-0.2, 0) is 17.7 Å². The Bertz CT molecular complexity index is 817. The summed E-state index contributed by atoms with van der Waals surface area (Å²) in [5.74, 6) is 1.30. The van der Waals surface area contributed by atoms with Crippen LogP contribution in [0.3, 0.4) is 0 Å². The maximum absolute atomic E-state index is 12.6. The van der Waals surface area contributed by atoms with Crippen molar-refractivity contribution in [1.82, 2.24) is 15.5 Å². The minimum Gasteiger partial charge on any atom is -0.490 e. The third-order valence-corrected chi connectivity index (χ3v) is 4.71. The first-order chi connectivity index (χ1) is 12.6. The number of aromatic nitrogens is 2. The van der Waals surface area contributed by atoms with Gasteiger partial charge in [0.1, 0.15) is 0 Å². The molecule has 0 unspecified atom stereocenters. The van der Waals surface area contributed by atoms with E-state index in [0.717, 1.165) is 34.7 Å². The van der Waals surface area contributed by atoms with E-state index in [-0.39, 0.29) is 18.1 Å². The zero-order chi connectivity index (χ0) is 18.1. The van der Waals surface area contributed by atoms with Gasteiger partial charge in [-0.1, -0.05) is 6.07 Å². The molecule has 138 valence electrons. The van der Waals surface area contributed by atoms with Crippen molar-refractivity contribution in [2.45, 2.75) is 45.4 Å². The van der Waals surface area contributed by atoms with Crippen molar-refractivity contribution in [1.29, 1.82) is 0 Å². The first-order valence-electron chi connectivity index (χ1n) is 9.01. The molecule has 2 aliphatic heterocycles. The number of fused-ring (bicyclic) bond motifs is 2. The maximum Gasteiger partial charge on any atom is 0.272 e. The predicted octanol–water partition coefficient (Wildman–Crippen LogP) is 2.52. The average molecular weight is 357 g/mol. The van der Waals surface area contributed by atoms with Crippen LogP contribution in [0.25, 0.3) is 0 Å². The Morgan fingerprint density at radius 3 is 2.92 bits per heavy atom. The molecule has 3 heterocycles. The summed E-state index contributed by atoms with van der Waals surface area (Å²) < 4.78 is 17.1. The van der Waals surface area contributed by atoms with Gasteiger partial charge in [0.15, 0.2) is 17.2 Å². The van der Waals surface area contributed by atoms with Crippen molar-refractivity contribution in [3.63, 3.8) is 0 Å². The Balaban J connectivity index is 1.46. The number of hydrogen-bond donors (Lipinski definition) is 2. The lowest BCUT2D eigenvalue weighted by molar-refractivity contribution is -0.00697. The van der Waals surface area contributed by atoms with E-state index in [9.17, 15) is 4.79 Å². The molecule has 2 N–H and O–H groups in total. The fraction of sp³-hybridized carbons (Fsp3) is 0.474. The summed E-state index contributed by atoms with van der Waals surface area (Å²) >= 11 is 0. The third kappa shape index (κ3) is 3.26. The van der Waals surface area contributed by atoms with Crippen LogP contribution in [0.2, 0.25) is 0 Å². The zero-order valence-electron chi connectivity index (χ0n) is 15.0. The van der Waals surface area contributed by atoms with E-state index in [1.54, 1.807) is 0 Å². The summed E-state index contributed by atoms with van der Waals surface area (Å²) in [5.41, 5.74) is 3.25. The van der Waals surface area contributed by atoms with E-state index < -0.39 is 0 Å². The molecule has 0 bridgehead atoms. The number of H-pyrrole nitrogens is 1. The van der Waals surface area contributed by atoms with Gasteiger partial charge >= 0.3 is 0 Å². The van der Waals surface area contributed by atoms with E-state index >= 15 is 0 Å². The van der Waals surface area contributed by atoms with Gasteiger partial charge in [0.25, 0.3) is 5.91 Å². The minimum atomic E-state index is -0.184. The minimum absolute atomic E-state index is 0.0726. The summed E-state index contributed by atoms with van der Waals surface area (Å²) in [7, 11) is 0. The molecule has 0 fully saturated rings. The number of hydrogen-bond acceptors (Lipinski definition) is 5. The van der Waals surface area contributed by atoms with Crippen molar-refractivity contribution in [2.75, 3.05) is 13.2 Å². The number of ether oxygens (including phenoxy) is 3. The Labute approximate surface area is 152 Å². The monoisotopic (exact) mass is 357 g/mol. The summed E-state index contributed by atoms with van der Waals surface area (Å²) in [6, 6.07) is 5.74. The fourth-order valence-electron chi connectivity index (χ4n) is 3.45. The molecule has 0 saturated carbocycles. The highest BCUT2D eigenvalue weighted by Gasteiger charge is 2.29. The molecule has 0 aliphatic carbocycles. The molecular formula is C19H23N3O4. The summed E-state index contributed by atoms with van der Waals surface area (Å²) in [6.45, 7) is 5.67. The lowest BCUT2D eigenvalue weighted by Crippen LogP contribution is -2.27. The summed E-state index contributed by atoms with van der Waals surface area (Å²) in [5, 5.41) is 10.1. The summed E-state index contributed by atoms with van der Waals surface area (Å²) in [6.07, 6.45) is 1.54. The van der Waals surface area contributed by atoms with Crippen molar-refractivity contribution >= 4 is 5.91 Å². The Hall–Kier alpha value is -2.54. The highest BCUT2D eigenvalue weighted by Crippen LogP contribution is 2.31. The largest absolute Gasteiger partial charge is 0.490 e. The van der Waals surface area contributed by atoms with E-state index in [0.29, 0.717) is 31.9 Å². The standard InChI is InChI=1S/C19H23N3O4/c1-11-8-14-17(12(2)26-11)21-22-18(14)19(23)20-10-13-4-5-15-16(9-13)25-7-3-6-24-15/h4-5,9,11-12H,3,6-8,10H2,1-2H3,(H,20,23)(H,21,22)/t11-,12+/m1/s1. The smallest absolute Gasteiger partial charge is 0.272 e. The Morgan fingerprint density at radius 2 is 2.08 bits per heavy atom. The van der Waals surface area contributed by atoms with Gasteiger partial charge in [0, 0.05) is 24.9 Å². The van der Waals surface area contributed by atoms with Crippen LogP contribution >= 0.6 is 0 Å². The van der Waals surface area contributed by atoms with Crippen LogP contribution in [0.15, 0.2) is 18.2 Å². The van der Waals surface area contributed by atoms with Gasteiger partial charge in [-0.05, 0) is 31.5 Å². The van der Waals surface area contributed by atoms with Gasteiger partial charge in [0.2, 0.25) is 0 Å². The molecule has 0 radical (unpaired) electrons. The molecule has 1 aromatic carbocycles. The molecular weight excluding hydrogens is 334 g/mol. The first-order valence-corrected chi connectivity index (χ1v) is 9.01. The molecule has 2 atom stereocenters. The number of carbonyl (C=O) groups is 1. The number of benzene rings is 1. The number of carbonyl (C=O) groups excluding carboxylic acids is 1. The molecule has 7 heteroatoms. The number of nitrogens with zero attached hydrogens (tertiary/aromatic N) is 1. The van der Waals surface area contributed by atoms with Gasteiger partial charge in [-0.3, -0.25) is 9.89 Å². The average Bonchev–Trinajstić information content (AvgIpc) is 2.90. The van der Waals surface area contributed by atoms with Gasteiger partial charge < -0.3 is 19.5 Å². The Kier molecular flexibility index (Phi) is 4.55. The molecule has 1 amide bonds. The molecule has 1 aromatic heterocycles. The van der Waals surface area contributed by atoms with E-state index in [1.165, 1.54) is 0 Å². The maximum atomic E-state index is 12.6. The lowest BCUT2D eigenvalue weighted by Gasteiger charge is -2.25. The quantitative estimate of drug-likeness (QED) is 0.882. The van der Waals surface area contributed by atoms with Gasteiger partial charge in [-0.25, -0.2) is 0 Å². The molecule has 0 saturated heterocycles. The van der Waals surface area contributed by atoms with Crippen molar-refractivity contribution in [3.05, 3.63) is 40.7 Å². The number of amides is 1. The topological polar surface area (TPSA) is 85.5 Å². The van der Waals surface area contributed by atoms with Crippen LogP contribution < -0.4 is 14.8 Å². The van der Waals surface area contributed by atoms with E-state index in [1.807, 2.05) is 32.0 Å². The molecule has 4 rings (SSSR count). The molecule has 0 spiro atoms. The Morgan fingerprint density at radius 1 is 1.27 bits per heavy atom. The van der Waals surface area contributed by atoms with Crippen LogP contribution in [0.5, 0.6) is 11.5 Å². The second kappa shape index (κ2) is 6.99. The molecule has 2 aromatic rings. The van der Waals surface area contributed by atoms with Crippen LogP contribution in [0.4, 0.5) is 0 Å². The zero-order valence-corrected chi connectivity index (χ0v) is 15.0. The fourth-order valence-corrected chi connectivity index (χ4v) is 3.45. The number of rotatable bonds is 3. The van der Waals surface area contributed by atoms with E-state index in [4.69, 9.17) is 14.2 Å². The van der Waals surface area contributed by atoms with Crippen LogP contribution in [0.1, 0.15) is 53.7 Å². The highest BCUT2D eigenvalue weighted by atomic mass is 16.5. The normalized spacial score (nSPS) is 21.6. The van der Waals surface area contributed by atoms with Crippen LogP contribution in [-0.4, -0.2) is 35.4 Å². The van der Waals surface area contributed by atoms with Gasteiger partial charge in [0.05, 0.1) is 31.1 Å². The van der Waals surface area contributed by atoms with Gasteiger partial charge in [-0.15, -0.1) is 0 Å². The molecule has 7 nitrogen and oxygen atoms in total. The SMILES string of the molecule is C[C@@H]1Cc2c(C(=O)NCc3ccc4c(c3)OCCCO4)n[nH]c2[C@H](C)O1. The highest BCUT2D eigenvalue weighted by molar-refractivity contribution is 5.94. The number of aromatic amines is 1. The second-order valence-corrected chi connectivity index (χ2v) is 6.77. The second-order valence-electron chi connectivity index (χ2n) is 6.77. The molecule has 26 heavy (non-hydrogen) atoms.